The first-order chi connectivity index (χ1) is 7.84. The first kappa shape index (κ1) is 12.3. The average molecular weight is 226 g/mol. The van der Waals surface area contributed by atoms with Gasteiger partial charge in [0.25, 0.3) is 0 Å². The van der Waals surface area contributed by atoms with Gasteiger partial charge in [0.05, 0.1) is 12.7 Å². The Balaban J connectivity index is 1.57. The zero-order valence-electron chi connectivity index (χ0n) is 10.6. The Morgan fingerprint density at radius 2 is 2.12 bits per heavy atom. The number of ether oxygens (including phenoxy) is 1. The van der Waals surface area contributed by atoms with Gasteiger partial charge in [0.15, 0.2) is 0 Å². The highest BCUT2D eigenvalue weighted by atomic mass is 16.5. The highest BCUT2D eigenvalue weighted by molar-refractivity contribution is 4.72. The standard InChI is InChI=1S/C13H26N2O/c1-15(8-6-12-4-2-3-5-12)11-13-10-14-7-9-16-13/h12-14H,2-11H2,1H3. The van der Waals surface area contributed by atoms with Crippen LogP contribution >= 0.6 is 0 Å². The molecule has 0 spiro atoms. The van der Waals surface area contributed by atoms with Crippen LogP contribution < -0.4 is 5.32 Å². The molecule has 94 valence electrons. The van der Waals surface area contributed by atoms with Crippen molar-refractivity contribution in [3.05, 3.63) is 0 Å². The Morgan fingerprint density at radius 3 is 2.81 bits per heavy atom. The smallest absolute Gasteiger partial charge is 0.0826 e. The van der Waals surface area contributed by atoms with E-state index in [2.05, 4.69) is 17.3 Å². The number of morpholine rings is 1. The normalized spacial score (nSPS) is 27.8. The molecule has 16 heavy (non-hydrogen) atoms. The fourth-order valence-corrected chi connectivity index (χ4v) is 2.88. The monoisotopic (exact) mass is 226 g/mol. The molecule has 2 rings (SSSR count). The van der Waals surface area contributed by atoms with Gasteiger partial charge < -0.3 is 15.0 Å². The summed E-state index contributed by atoms with van der Waals surface area (Å²) in [6, 6.07) is 0. The third-order valence-electron chi connectivity index (χ3n) is 3.91. The number of nitrogens with zero attached hydrogens (tertiary/aromatic N) is 1. The van der Waals surface area contributed by atoms with Crippen LogP contribution in [0.3, 0.4) is 0 Å². The highest BCUT2D eigenvalue weighted by Crippen LogP contribution is 2.27. The molecular formula is C13H26N2O. The molecule has 0 aromatic heterocycles. The number of nitrogens with one attached hydrogen (secondary N) is 1. The van der Waals surface area contributed by atoms with Crippen molar-refractivity contribution in [1.82, 2.24) is 10.2 Å². The van der Waals surface area contributed by atoms with Crippen LogP contribution in [0, 0.1) is 5.92 Å². The first-order valence-electron chi connectivity index (χ1n) is 6.85. The molecule has 1 unspecified atom stereocenters. The lowest BCUT2D eigenvalue weighted by Gasteiger charge is -2.28. The molecule has 1 saturated carbocycles. The summed E-state index contributed by atoms with van der Waals surface area (Å²) in [7, 11) is 2.23. The van der Waals surface area contributed by atoms with Gasteiger partial charge in [-0.25, -0.2) is 0 Å². The Labute approximate surface area is 99.5 Å². The van der Waals surface area contributed by atoms with Crippen molar-refractivity contribution >= 4 is 0 Å². The minimum absolute atomic E-state index is 0.405. The lowest BCUT2D eigenvalue weighted by molar-refractivity contribution is 0.00938. The van der Waals surface area contributed by atoms with Gasteiger partial charge in [-0.3, -0.25) is 0 Å². The fraction of sp³-hybridized carbons (Fsp3) is 1.00. The van der Waals surface area contributed by atoms with E-state index in [1.165, 1.54) is 38.6 Å². The molecule has 1 aliphatic heterocycles. The van der Waals surface area contributed by atoms with E-state index in [0.717, 1.165) is 32.2 Å². The lowest BCUT2D eigenvalue weighted by atomic mass is 10.0. The number of rotatable bonds is 5. The van der Waals surface area contributed by atoms with Crippen LogP contribution in [0.15, 0.2) is 0 Å². The Hall–Kier alpha value is -0.120. The van der Waals surface area contributed by atoms with Crippen molar-refractivity contribution in [2.75, 3.05) is 39.8 Å². The maximum atomic E-state index is 5.72. The largest absolute Gasteiger partial charge is 0.374 e. The number of hydrogen-bond acceptors (Lipinski definition) is 3. The minimum Gasteiger partial charge on any atom is -0.374 e. The molecule has 2 fully saturated rings. The lowest BCUT2D eigenvalue weighted by Crippen LogP contribution is -2.44. The van der Waals surface area contributed by atoms with Crippen LogP contribution in [0.1, 0.15) is 32.1 Å². The molecule has 1 atom stereocenters. The van der Waals surface area contributed by atoms with Crippen molar-refractivity contribution in [2.45, 2.75) is 38.2 Å². The zero-order chi connectivity index (χ0) is 11.2. The molecule has 2 aliphatic rings. The van der Waals surface area contributed by atoms with Crippen molar-refractivity contribution < 1.29 is 4.74 Å². The van der Waals surface area contributed by atoms with Gasteiger partial charge in [-0.2, -0.15) is 0 Å². The Bertz CT molecular complexity index is 186. The maximum Gasteiger partial charge on any atom is 0.0826 e. The summed E-state index contributed by atoms with van der Waals surface area (Å²) in [6.07, 6.45) is 7.65. The van der Waals surface area contributed by atoms with Crippen molar-refractivity contribution in [3.63, 3.8) is 0 Å². The molecule has 1 N–H and O–H groups in total. The van der Waals surface area contributed by atoms with Crippen LogP contribution in [-0.2, 0) is 4.74 Å². The van der Waals surface area contributed by atoms with Crippen LogP contribution in [0.25, 0.3) is 0 Å². The van der Waals surface area contributed by atoms with E-state index < -0.39 is 0 Å². The minimum atomic E-state index is 0.405. The Kier molecular flexibility index (Phi) is 5.07. The zero-order valence-corrected chi connectivity index (χ0v) is 10.6. The average Bonchev–Trinajstić information content (AvgIpc) is 2.81. The van der Waals surface area contributed by atoms with E-state index in [1.54, 1.807) is 0 Å². The van der Waals surface area contributed by atoms with E-state index in [4.69, 9.17) is 4.74 Å². The molecular weight excluding hydrogens is 200 g/mol. The maximum absolute atomic E-state index is 5.72. The van der Waals surface area contributed by atoms with E-state index in [0.29, 0.717) is 6.10 Å². The topological polar surface area (TPSA) is 24.5 Å². The third kappa shape index (κ3) is 4.04. The van der Waals surface area contributed by atoms with Crippen molar-refractivity contribution in [3.8, 4) is 0 Å². The summed E-state index contributed by atoms with van der Waals surface area (Å²) >= 11 is 0. The predicted molar refractivity (Wildman–Crippen MR) is 66.7 cm³/mol. The summed E-state index contributed by atoms with van der Waals surface area (Å²) in [5.74, 6) is 1.01. The third-order valence-corrected chi connectivity index (χ3v) is 3.91. The molecule has 1 aliphatic carbocycles. The quantitative estimate of drug-likeness (QED) is 0.768. The van der Waals surface area contributed by atoms with Gasteiger partial charge in [0, 0.05) is 19.6 Å². The summed E-state index contributed by atoms with van der Waals surface area (Å²) in [4.78, 5) is 2.44. The van der Waals surface area contributed by atoms with Crippen LogP contribution in [-0.4, -0.2) is 50.8 Å². The van der Waals surface area contributed by atoms with E-state index in [1.807, 2.05) is 0 Å². The van der Waals surface area contributed by atoms with Gasteiger partial charge in [-0.1, -0.05) is 25.7 Å². The summed E-state index contributed by atoms with van der Waals surface area (Å²) in [6.45, 7) is 5.24. The second kappa shape index (κ2) is 6.58. The number of hydrogen-bond donors (Lipinski definition) is 1. The van der Waals surface area contributed by atoms with E-state index in [-0.39, 0.29) is 0 Å². The summed E-state index contributed by atoms with van der Waals surface area (Å²) < 4.78 is 5.72. The van der Waals surface area contributed by atoms with Gasteiger partial charge in [-0.05, 0) is 25.9 Å². The molecule has 0 amide bonds. The second-order valence-corrected chi connectivity index (χ2v) is 5.40. The predicted octanol–water partition coefficient (Wildman–Crippen LogP) is 1.49. The molecule has 1 heterocycles. The van der Waals surface area contributed by atoms with E-state index >= 15 is 0 Å². The molecule has 0 aromatic rings. The van der Waals surface area contributed by atoms with Crippen molar-refractivity contribution in [2.24, 2.45) is 5.92 Å². The molecule has 3 heteroatoms. The number of likely N-dealkylation sites (N-methyl/N-ethyl adjacent to an activating group) is 1. The van der Waals surface area contributed by atoms with Gasteiger partial charge >= 0.3 is 0 Å². The van der Waals surface area contributed by atoms with Crippen LogP contribution in [0.5, 0.6) is 0 Å². The van der Waals surface area contributed by atoms with Crippen LogP contribution in [0.2, 0.25) is 0 Å². The Morgan fingerprint density at radius 1 is 1.31 bits per heavy atom. The van der Waals surface area contributed by atoms with Gasteiger partial charge in [0.2, 0.25) is 0 Å². The first-order valence-corrected chi connectivity index (χ1v) is 6.85. The molecule has 0 aromatic carbocycles. The van der Waals surface area contributed by atoms with Gasteiger partial charge in [0.1, 0.15) is 0 Å². The highest BCUT2D eigenvalue weighted by Gasteiger charge is 2.18. The summed E-state index contributed by atoms with van der Waals surface area (Å²) in [5.41, 5.74) is 0. The molecule has 0 radical (unpaired) electrons. The fourth-order valence-electron chi connectivity index (χ4n) is 2.88. The van der Waals surface area contributed by atoms with Crippen LogP contribution in [0.4, 0.5) is 0 Å². The van der Waals surface area contributed by atoms with E-state index in [9.17, 15) is 0 Å². The van der Waals surface area contributed by atoms with Crippen molar-refractivity contribution in [1.29, 1.82) is 0 Å². The molecule has 1 saturated heterocycles. The second-order valence-electron chi connectivity index (χ2n) is 5.40. The summed E-state index contributed by atoms with van der Waals surface area (Å²) in [5, 5.41) is 3.39. The molecule has 3 nitrogen and oxygen atoms in total. The van der Waals surface area contributed by atoms with Gasteiger partial charge in [-0.15, -0.1) is 0 Å². The molecule has 0 bridgehead atoms. The SMILES string of the molecule is CN(CCC1CCCC1)CC1CNCCO1.